The first-order chi connectivity index (χ1) is 10.1. The van der Waals surface area contributed by atoms with Crippen LogP contribution in [0, 0.1) is 6.92 Å². The second kappa shape index (κ2) is 5.54. The molecular weight excluding hydrogens is 290 g/mol. The molecule has 3 rings (SSSR count). The number of anilines is 1. The molecule has 0 saturated carbocycles. The van der Waals surface area contributed by atoms with Crippen molar-refractivity contribution >= 4 is 34.3 Å². The van der Waals surface area contributed by atoms with E-state index in [0.717, 1.165) is 10.9 Å². The van der Waals surface area contributed by atoms with Crippen molar-refractivity contribution < 1.29 is 9.32 Å². The Balaban J connectivity index is 1.79. The number of carbonyl (C=O) groups is 1. The van der Waals surface area contributed by atoms with Crippen LogP contribution in [-0.4, -0.2) is 16.0 Å². The highest BCUT2D eigenvalue weighted by Gasteiger charge is 2.13. The SMILES string of the molecule is Cc1ccc2onc(CC(=O)Nc3cc(Cl)ccn3)c2c1. The number of halogens is 1. The van der Waals surface area contributed by atoms with E-state index in [1.165, 1.54) is 6.20 Å². The van der Waals surface area contributed by atoms with Gasteiger partial charge in [-0.05, 0) is 31.2 Å². The normalized spacial score (nSPS) is 10.8. The number of benzene rings is 1. The number of aryl methyl sites for hydroxylation is 1. The fourth-order valence-electron chi connectivity index (χ4n) is 2.04. The van der Waals surface area contributed by atoms with E-state index < -0.39 is 0 Å². The molecule has 1 amide bonds. The molecule has 0 bridgehead atoms. The zero-order chi connectivity index (χ0) is 14.8. The molecular formula is C15H12ClN3O2. The van der Waals surface area contributed by atoms with Gasteiger partial charge in [-0.1, -0.05) is 28.4 Å². The molecule has 1 N–H and O–H groups in total. The maximum absolute atomic E-state index is 12.0. The summed E-state index contributed by atoms with van der Waals surface area (Å²) in [6, 6.07) is 8.96. The summed E-state index contributed by atoms with van der Waals surface area (Å²) < 4.78 is 5.21. The lowest BCUT2D eigenvalue weighted by Crippen LogP contribution is -2.15. The predicted octanol–water partition coefficient (Wildman–Crippen LogP) is 3.37. The Morgan fingerprint density at radius 3 is 3.00 bits per heavy atom. The van der Waals surface area contributed by atoms with E-state index in [-0.39, 0.29) is 12.3 Å². The fraction of sp³-hybridized carbons (Fsp3) is 0.133. The Bertz CT molecular complexity index is 814. The third-order valence-corrected chi connectivity index (χ3v) is 3.25. The lowest BCUT2D eigenvalue weighted by molar-refractivity contribution is -0.115. The molecule has 0 saturated heterocycles. The van der Waals surface area contributed by atoms with Gasteiger partial charge in [-0.3, -0.25) is 4.79 Å². The van der Waals surface area contributed by atoms with Gasteiger partial charge < -0.3 is 9.84 Å². The standard InChI is InChI=1S/C15H12ClN3O2/c1-9-2-3-13-11(6-9)12(19-21-13)8-15(20)18-14-7-10(16)4-5-17-14/h2-7H,8H2,1H3,(H,17,18,20). The minimum Gasteiger partial charge on any atom is -0.356 e. The van der Waals surface area contributed by atoms with Gasteiger partial charge in [0.25, 0.3) is 0 Å². The molecule has 1 aromatic carbocycles. The maximum atomic E-state index is 12.0. The van der Waals surface area contributed by atoms with Crippen LogP contribution in [0.2, 0.25) is 5.02 Å². The van der Waals surface area contributed by atoms with Gasteiger partial charge in [0, 0.05) is 16.6 Å². The summed E-state index contributed by atoms with van der Waals surface area (Å²) in [6.07, 6.45) is 1.65. The minimum atomic E-state index is -0.221. The van der Waals surface area contributed by atoms with Gasteiger partial charge in [0.15, 0.2) is 5.58 Å². The van der Waals surface area contributed by atoms with Crippen LogP contribution in [0.1, 0.15) is 11.3 Å². The highest BCUT2D eigenvalue weighted by atomic mass is 35.5. The summed E-state index contributed by atoms with van der Waals surface area (Å²) in [5.41, 5.74) is 2.36. The lowest BCUT2D eigenvalue weighted by Gasteiger charge is -2.03. The number of nitrogens with zero attached hydrogens (tertiary/aromatic N) is 2. The third kappa shape index (κ3) is 3.03. The summed E-state index contributed by atoms with van der Waals surface area (Å²) in [6.45, 7) is 1.98. The largest absolute Gasteiger partial charge is 0.356 e. The highest BCUT2D eigenvalue weighted by molar-refractivity contribution is 6.30. The van der Waals surface area contributed by atoms with Crippen molar-refractivity contribution in [3.8, 4) is 0 Å². The number of pyridine rings is 1. The topological polar surface area (TPSA) is 68.0 Å². The molecule has 0 spiro atoms. The predicted molar refractivity (Wildman–Crippen MR) is 80.3 cm³/mol. The number of amides is 1. The Hall–Kier alpha value is -2.40. The average Bonchev–Trinajstić information content (AvgIpc) is 2.81. The second-order valence-corrected chi connectivity index (χ2v) is 5.15. The summed E-state index contributed by atoms with van der Waals surface area (Å²) in [5.74, 6) is 0.193. The monoisotopic (exact) mass is 301 g/mol. The summed E-state index contributed by atoms with van der Waals surface area (Å²) in [5, 5.41) is 8.01. The van der Waals surface area contributed by atoms with Crippen molar-refractivity contribution in [1.82, 2.24) is 10.1 Å². The molecule has 21 heavy (non-hydrogen) atoms. The lowest BCUT2D eigenvalue weighted by atomic mass is 10.1. The van der Waals surface area contributed by atoms with Crippen LogP contribution in [0.3, 0.4) is 0 Å². The van der Waals surface area contributed by atoms with Gasteiger partial charge in [-0.25, -0.2) is 4.98 Å². The Kier molecular flexibility index (Phi) is 3.58. The van der Waals surface area contributed by atoms with Crippen LogP contribution in [0.4, 0.5) is 5.82 Å². The fourth-order valence-corrected chi connectivity index (χ4v) is 2.20. The van der Waals surface area contributed by atoms with E-state index in [1.807, 2.05) is 25.1 Å². The van der Waals surface area contributed by atoms with Gasteiger partial charge in [-0.15, -0.1) is 0 Å². The smallest absolute Gasteiger partial charge is 0.231 e. The number of nitrogens with one attached hydrogen (secondary N) is 1. The third-order valence-electron chi connectivity index (χ3n) is 3.02. The maximum Gasteiger partial charge on any atom is 0.231 e. The first-order valence-electron chi connectivity index (χ1n) is 6.38. The molecule has 0 radical (unpaired) electrons. The van der Waals surface area contributed by atoms with E-state index >= 15 is 0 Å². The Morgan fingerprint density at radius 2 is 2.19 bits per heavy atom. The molecule has 0 atom stereocenters. The number of fused-ring (bicyclic) bond motifs is 1. The van der Waals surface area contributed by atoms with Crippen molar-refractivity contribution in [3.63, 3.8) is 0 Å². The zero-order valence-electron chi connectivity index (χ0n) is 11.3. The molecule has 5 nitrogen and oxygen atoms in total. The molecule has 0 aliphatic rings. The van der Waals surface area contributed by atoms with Crippen LogP contribution < -0.4 is 5.32 Å². The highest BCUT2D eigenvalue weighted by Crippen LogP contribution is 2.20. The van der Waals surface area contributed by atoms with E-state index in [2.05, 4.69) is 15.5 Å². The number of aromatic nitrogens is 2. The second-order valence-electron chi connectivity index (χ2n) is 4.71. The molecule has 3 aromatic rings. The molecule has 2 aromatic heterocycles. The van der Waals surface area contributed by atoms with Crippen LogP contribution in [0.15, 0.2) is 41.1 Å². The average molecular weight is 302 g/mol. The van der Waals surface area contributed by atoms with E-state index in [0.29, 0.717) is 22.1 Å². The Labute approximate surface area is 125 Å². The van der Waals surface area contributed by atoms with Gasteiger partial charge in [0.05, 0.1) is 6.42 Å². The number of hydrogen-bond acceptors (Lipinski definition) is 4. The summed E-state index contributed by atoms with van der Waals surface area (Å²) in [7, 11) is 0. The quantitative estimate of drug-likeness (QED) is 0.805. The van der Waals surface area contributed by atoms with Crippen molar-refractivity contribution in [2.24, 2.45) is 0 Å². The molecule has 6 heteroatoms. The molecule has 0 fully saturated rings. The van der Waals surface area contributed by atoms with Crippen molar-refractivity contribution in [1.29, 1.82) is 0 Å². The Morgan fingerprint density at radius 1 is 1.33 bits per heavy atom. The first kappa shape index (κ1) is 13.6. The van der Waals surface area contributed by atoms with Crippen LogP contribution in [0.25, 0.3) is 11.0 Å². The van der Waals surface area contributed by atoms with E-state index in [4.69, 9.17) is 16.1 Å². The number of rotatable bonds is 3. The molecule has 106 valence electrons. The number of hydrogen-bond donors (Lipinski definition) is 1. The molecule has 0 aliphatic carbocycles. The van der Waals surface area contributed by atoms with Crippen molar-refractivity contribution in [3.05, 3.63) is 52.8 Å². The van der Waals surface area contributed by atoms with Crippen LogP contribution in [0.5, 0.6) is 0 Å². The van der Waals surface area contributed by atoms with Crippen LogP contribution in [-0.2, 0) is 11.2 Å². The zero-order valence-corrected chi connectivity index (χ0v) is 12.0. The molecule has 0 unspecified atom stereocenters. The van der Waals surface area contributed by atoms with Crippen molar-refractivity contribution in [2.45, 2.75) is 13.3 Å². The van der Waals surface area contributed by atoms with Gasteiger partial charge in [-0.2, -0.15) is 0 Å². The summed E-state index contributed by atoms with van der Waals surface area (Å²) >= 11 is 5.85. The summed E-state index contributed by atoms with van der Waals surface area (Å²) in [4.78, 5) is 16.1. The number of carbonyl (C=O) groups excluding carboxylic acids is 1. The van der Waals surface area contributed by atoms with Crippen LogP contribution >= 0.6 is 11.6 Å². The van der Waals surface area contributed by atoms with Gasteiger partial charge in [0.2, 0.25) is 5.91 Å². The molecule has 0 aliphatic heterocycles. The van der Waals surface area contributed by atoms with E-state index in [1.54, 1.807) is 12.1 Å². The minimum absolute atomic E-state index is 0.116. The molecule has 2 heterocycles. The van der Waals surface area contributed by atoms with Crippen molar-refractivity contribution in [2.75, 3.05) is 5.32 Å². The van der Waals surface area contributed by atoms with E-state index in [9.17, 15) is 4.79 Å². The first-order valence-corrected chi connectivity index (χ1v) is 6.76. The van der Waals surface area contributed by atoms with Gasteiger partial charge >= 0.3 is 0 Å². The van der Waals surface area contributed by atoms with Gasteiger partial charge in [0.1, 0.15) is 11.5 Å².